The van der Waals surface area contributed by atoms with Crippen LogP contribution in [-0.4, -0.2) is 4.98 Å². The Balaban J connectivity index is 2.18. The second-order valence-electron chi connectivity index (χ2n) is 4.48. The van der Waals surface area contributed by atoms with Crippen molar-refractivity contribution < 1.29 is 4.42 Å². The molecule has 0 aliphatic carbocycles. The number of benzene rings is 2. The molecule has 3 nitrogen and oxygen atoms in total. The molecule has 0 amide bonds. The molecule has 3 aromatic rings. The molecule has 3 rings (SSSR count). The predicted octanol–water partition coefficient (Wildman–Crippen LogP) is 3.51. The summed E-state index contributed by atoms with van der Waals surface area (Å²) < 4.78 is 5.36. The molecule has 0 N–H and O–H groups in total. The maximum absolute atomic E-state index is 12.0. The second kappa shape index (κ2) is 5.13. The second-order valence-corrected chi connectivity index (χ2v) is 4.48. The minimum atomic E-state index is -0.367. The topological polar surface area (TPSA) is 43.1 Å². The maximum atomic E-state index is 12.0. The summed E-state index contributed by atoms with van der Waals surface area (Å²) in [5.41, 5.74) is 1.27. The summed E-state index contributed by atoms with van der Waals surface area (Å²) >= 11 is 0. The van der Waals surface area contributed by atoms with Gasteiger partial charge >= 0.3 is 5.63 Å². The first-order valence-electron chi connectivity index (χ1n) is 6.37. The zero-order chi connectivity index (χ0) is 13.9. The SMILES string of the molecule is C=CC(c1ccccc1)c1nc2ccccc2c(=O)o1. The van der Waals surface area contributed by atoms with Gasteiger partial charge in [-0.2, -0.15) is 0 Å². The molecule has 20 heavy (non-hydrogen) atoms. The minimum Gasteiger partial charge on any atom is -0.407 e. The van der Waals surface area contributed by atoms with Crippen LogP contribution in [0.4, 0.5) is 0 Å². The molecular formula is C17H13NO2. The van der Waals surface area contributed by atoms with Crippen LogP contribution in [0.2, 0.25) is 0 Å². The molecule has 3 heteroatoms. The molecule has 0 saturated heterocycles. The lowest BCUT2D eigenvalue weighted by molar-refractivity contribution is 0.441. The average molecular weight is 263 g/mol. The zero-order valence-corrected chi connectivity index (χ0v) is 10.8. The van der Waals surface area contributed by atoms with E-state index >= 15 is 0 Å². The summed E-state index contributed by atoms with van der Waals surface area (Å²) in [5.74, 6) is 0.142. The van der Waals surface area contributed by atoms with Crippen LogP contribution >= 0.6 is 0 Å². The number of aromatic nitrogens is 1. The van der Waals surface area contributed by atoms with Crippen molar-refractivity contribution in [3.8, 4) is 0 Å². The van der Waals surface area contributed by atoms with Crippen LogP contribution in [0.3, 0.4) is 0 Å². The monoisotopic (exact) mass is 263 g/mol. The highest BCUT2D eigenvalue weighted by Gasteiger charge is 2.16. The van der Waals surface area contributed by atoms with E-state index in [1.807, 2.05) is 36.4 Å². The normalized spacial score (nSPS) is 12.2. The van der Waals surface area contributed by atoms with E-state index in [2.05, 4.69) is 11.6 Å². The van der Waals surface area contributed by atoms with E-state index in [0.717, 1.165) is 5.56 Å². The van der Waals surface area contributed by atoms with Crippen LogP contribution < -0.4 is 5.63 Å². The predicted molar refractivity (Wildman–Crippen MR) is 78.8 cm³/mol. The Kier molecular flexibility index (Phi) is 3.17. The van der Waals surface area contributed by atoms with Gasteiger partial charge in [0.2, 0.25) is 5.89 Å². The quantitative estimate of drug-likeness (QED) is 0.679. The van der Waals surface area contributed by atoms with Crippen LogP contribution in [0.1, 0.15) is 17.4 Å². The lowest BCUT2D eigenvalue weighted by atomic mass is 9.99. The molecular weight excluding hydrogens is 250 g/mol. The van der Waals surface area contributed by atoms with Crippen LogP contribution in [0, 0.1) is 0 Å². The van der Waals surface area contributed by atoms with Gasteiger partial charge in [0.05, 0.1) is 16.8 Å². The van der Waals surface area contributed by atoms with Crippen molar-refractivity contribution >= 4 is 10.9 Å². The molecule has 1 unspecified atom stereocenters. The summed E-state index contributed by atoms with van der Waals surface area (Å²) in [6, 6.07) is 16.9. The fourth-order valence-electron chi connectivity index (χ4n) is 2.21. The molecule has 2 aromatic carbocycles. The molecule has 0 bridgehead atoms. The molecule has 0 aliphatic heterocycles. The van der Waals surface area contributed by atoms with Crippen molar-refractivity contribution in [3.05, 3.63) is 89.1 Å². The largest absolute Gasteiger partial charge is 0.407 e. The highest BCUT2D eigenvalue weighted by Crippen LogP contribution is 2.24. The standard InChI is InChI=1S/C17H13NO2/c1-2-13(12-8-4-3-5-9-12)16-18-15-11-7-6-10-14(15)17(19)20-16/h2-11,13H,1H2. The Bertz CT molecular complexity index is 806. The van der Waals surface area contributed by atoms with Gasteiger partial charge in [-0.05, 0) is 17.7 Å². The molecule has 0 spiro atoms. The summed E-state index contributed by atoms with van der Waals surface area (Å²) in [5, 5.41) is 0.493. The highest BCUT2D eigenvalue weighted by molar-refractivity contribution is 5.76. The number of para-hydroxylation sites is 1. The zero-order valence-electron chi connectivity index (χ0n) is 10.8. The molecule has 0 radical (unpaired) electrons. The third-order valence-corrected chi connectivity index (χ3v) is 3.21. The van der Waals surface area contributed by atoms with E-state index in [4.69, 9.17) is 4.42 Å². The van der Waals surface area contributed by atoms with Crippen molar-refractivity contribution in [2.75, 3.05) is 0 Å². The third-order valence-electron chi connectivity index (χ3n) is 3.21. The molecule has 0 saturated carbocycles. The van der Waals surface area contributed by atoms with Gasteiger partial charge in [-0.25, -0.2) is 9.78 Å². The fraction of sp³-hybridized carbons (Fsp3) is 0.0588. The van der Waals surface area contributed by atoms with Gasteiger partial charge in [-0.15, -0.1) is 6.58 Å². The first-order valence-corrected chi connectivity index (χ1v) is 6.37. The van der Waals surface area contributed by atoms with Crippen molar-refractivity contribution in [2.24, 2.45) is 0 Å². The Morgan fingerprint density at radius 3 is 2.50 bits per heavy atom. The minimum absolute atomic E-state index is 0.228. The number of allylic oxidation sites excluding steroid dienone is 1. The number of hydrogen-bond donors (Lipinski definition) is 0. The first kappa shape index (κ1) is 12.4. The Morgan fingerprint density at radius 2 is 1.75 bits per heavy atom. The lowest BCUT2D eigenvalue weighted by Crippen LogP contribution is -2.08. The van der Waals surface area contributed by atoms with E-state index in [1.165, 1.54) is 0 Å². The van der Waals surface area contributed by atoms with E-state index < -0.39 is 0 Å². The molecule has 1 aromatic heterocycles. The molecule has 0 aliphatic rings. The van der Waals surface area contributed by atoms with Gasteiger partial charge in [0.1, 0.15) is 0 Å². The van der Waals surface area contributed by atoms with Crippen LogP contribution in [-0.2, 0) is 0 Å². The number of rotatable bonds is 3. The van der Waals surface area contributed by atoms with Crippen molar-refractivity contribution in [1.29, 1.82) is 0 Å². The van der Waals surface area contributed by atoms with Gasteiger partial charge in [-0.1, -0.05) is 48.5 Å². The summed E-state index contributed by atoms with van der Waals surface area (Å²) in [6.45, 7) is 3.82. The number of hydrogen-bond acceptors (Lipinski definition) is 3. The summed E-state index contributed by atoms with van der Waals surface area (Å²) in [6.07, 6.45) is 1.73. The van der Waals surface area contributed by atoms with E-state index in [-0.39, 0.29) is 11.5 Å². The maximum Gasteiger partial charge on any atom is 0.346 e. The number of fused-ring (bicyclic) bond motifs is 1. The lowest BCUT2D eigenvalue weighted by Gasteiger charge is -2.11. The van der Waals surface area contributed by atoms with Gasteiger partial charge in [-0.3, -0.25) is 0 Å². The van der Waals surface area contributed by atoms with Gasteiger partial charge in [0.25, 0.3) is 0 Å². The Labute approximate surface area is 116 Å². The summed E-state index contributed by atoms with van der Waals surface area (Å²) in [4.78, 5) is 16.5. The van der Waals surface area contributed by atoms with Gasteiger partial charge in [0.15, 0.2) is 0 Å². The number of nitrogens with zero attached hydrogens (tertiary/aromatic N) is 1. The Hall–Kier alpha value is -2.68. The van der Waals surface area contributed by atoms with Gasteiger partial charge < -0.3 is 4.42 Å². The molecule has 0 fully saturated rings. The van der Waals surface area contributed by atoms with Crippen LogP contribution in [0.25, 0.3) is 10.9 Å². The van der Waals surface area contributed by atoms with Gasteiger partial charge in [0, 0.05) is 0 Å². The smallest absolute Gasteiger partial charge is 0.346 e. The first-order chi connectivity index (χ1) is 9.79. The van der Waals surface area contributed by atoms with Crippen molar-refractivity contribution in [3.63, 3.8) is 0 Å². The van der Waals surface area contributed by atoms with Crippen LogP contribution in [0.15, 0.2) is 76.5 Å². The third kappa shape index (κ3) is 2.14. The van der Waals surface area contributed by atoms with E-state index in [1.54, 1.807) is 24.3 Å². The van der Waals surface area contributed by atoms with Crippen molar-refractivity contribution in [1.82, 2.24) is 4.98 Å². The average Bonchev–Trinajstić information content (AvgIpc) is 2.49. The van der Waals surface area contributed by atoms with E-state index in [0.29, 0.717) is 16.8 Å². The van der Waals surface area contributed by atoms with Crippen LogP contribution in [0.5, 0.6) is 0 Å². The fourth-order valence-corrected chi connectivity index (χ4v) is 2.21. The molecule has 1 atom stereocenters. The van der Waals surface area contributed by atoms with E-state index in [9.17, 15) is 4.79 Å². The van der Waals surface area contributed by atoms with Crippen molar-refractivity contribution in [2.45, 2.75) is 5.92 Å². The highest BCUT2D eigenvalue weighted by atomic mass is 16.4. The molecule has 98 valence electrons. The molecule has 1 heterocycles. The Morgan fingerprint density at radius 1 is 1.05 bits per heavy atom. The summed E-state index contributed by atoms with van der Waals surface area (Å²) in [7, 11) is 0.